The molecule has 1 aromatic carbocycles. The van der Waals surface area contributed by atoms with Crippen molar-refractivity contribution in [2.75, 3.05) is 33.3 Å². The van der Waals surface area contributed by atoms with E-state index in [4.69, 9.17) is 4.74 Å². The van der Waals surface area contributed by atoms with E-state index in [1.165, 1.54) is 0 Å². The van der Waals surface area contributed by atoms with Crippen molar-refractivity contribution in [3.05, 3.63) is 36.2 Å². The van der Waals surface area contributed by atoms with Gasteiger partial charge in [0.15, 0.2) is 0 Å². The molecule has 0 radical (unpaired) electrons. The lowest BCUT2D eigenvalue weighted by Gasteiger charge is -2.25. The molecule has 1 aliphatic heterocycles. The fraction of sp³-hybridized carbons (Fsp3) is 0.429. The summed E-state index contributed by atoms with van der Waals surface area (Å²) in [6, 6.07) is 7.80. The third-order valence-electron chi connectivity index (χ3n) is 3.47. The molecule has 0 spiro atoms. The standard InChI is InChI=1S/C14H19N5O/c1-20-14-4-2-13(3-5-14)19-11-12(16-17-19)10-18-8-6-15-7-9-18/h2-5,11,15H,6-10H2,1H3. The number of nitrogens with one attached hydrogen (secondary N) is 1. The Bertz CT molecular complexity index is 545. The first-order valence-electron chi connectivity index (χ1n) is 6.84. The van der Waals surface area contributed by atoms with Gasteiger partial charge in [-0.25, -0.2) is 4.68 Å². The quantitative estimate of drug-likeness (QED) is 0.888. The summed E-state index contributed by atoms with van der Waals surface area (Å²) in [5.41, 5.74) is 1.99. The van der Waals surface area contributed by atoms with Gasteiger partial charge in [-0.3, -0.25) is 4.90 Å². The Kier molecular flexibility index (Phi) is 3.94. The number of hydrogen-bond donors (Lipinski definition) is 1. The maximum atomic E-state index is 5.15. The zero-order chi connectivity index (χ0) is 13.8. The van der Waals surface area contributed by atoms with E-state index in [9.17, 15) is 0 Å². The maximum absolute atomic E-state index is 5.15. The van der Waals surface area contributed by atoms with E-state index in [1.807, 2.05) is 30.5 Å². The Morgan fingerprint density at radius 3 is 2.65 bits per heavy atom. The summed E-state index contributed by atoms with van der Waals surface area (Å²) in [4.78, 5) is 2.39. The first kappa shape index (κ1) is 13.1. The predicted octanol–water partition coefficient (Wildman–Crippen LogP) is 0.681. The van der Waals surface area contributed by atoms with Gasteiger partial charge in [0.05, 0.1) is 24.7 Å². The Hall–Kier alpha value is -1.92. The van der Waals surface area contributed by atoms with Crippen LogP contribution in [0.5, 0.6) is 5.75 Å². The molecule has 1 saturated heterocycles. The third-order valence-corrected chi connectivity index (χ3v) is 3.47. The Morgan fingerprint density at radius 1 is 1.20 bits per heavy atom. The van der Waals surface area contributed by atoms with Crippen LogP contribution in [0.1, 0.15) is 5.69 Å². The minimum atomic E-state index is 0.843. The molecule has 6 heteroatoms. The van der Waals surface area contributed by atoms with E-state index in [0.29, 0.717) is 0 Å². The summed E-state index contributed by atoms with van der Waals surface area (Å²) in [7, 11) is 1.66. The van der Waals surface area contributed by atoms with Gasteiger partial charge in [0, 0.05) is 32.7 Å². The summed E-state index contributed by atoms with van der Waals surface area (Å²) in [6.45, 7) is 5.09. The third kappa shape index (κ3) is 2.97. The monoisotopic (exact) mass is 273 g/mol. The van der Waals surface area contributed by atoms with Crippen LogP contribution in [0, 0.1) is 0 Å². The number of methoxy groups -OCH3 is 1. The average Bonchev–Trinajstić information content (AvgIpc) is 2.97. The lowest BCUT2D eigenvalue weighted by Crippen LogP contribution is -2.42. The number of hydrogen-bond acceptors (Lipinski definition) is 5. The summed E-state index contributed by atoms with van der Waals surface area (Å²) >= 11 is 0. The lowest BCUT2D eigenvalue weighted by molar-refractivity contribution is 0.230. The molecule has 0 amide bonds. The van der Waals surface area contributed by atoms with Crippen molar-refractivity contribution in [1.29, 1.82) is 0 Å². The molecule has 0 saturated carbocycles. The van der Waals surface area contributed by atoms with Crippen molar-refractivity contribution >= 4 is 0 Å². The zero-order valence-electron chi connectivity index (χ0n) is 11.6. The largest absolute Gasteiger partial charge is 0.497 e. The summed E-state index contributed by atoms with van der Waals surface area (Å²) in [6.07, 6.45) is 1.99. The highest BCUT2D eigenvalue weighted by Crippen LogP contribution is 2.14. The molecule has 1 aliphatic rings. The molecule has 1 N–H and O–H groups in total. The Balaban J connectivity index is 1.68. The average molecular weight is 273 g/mol. The highest BCUT2D eigenvalue weighted by atomic mass is 16.5. The number of rotatable bonds is 4. The topological polar surface area (TPSA) is 55.2 Å². The van der Waals surface area contributed by atoms with Crippen molar-refractivity contribution < 1.29 is 4.74 Å². The molecule has 2 aromatic rings. The fourth-order valence-corrected chi connectivity index (χ4v) is 2.33. The SMILES string of the molecule is COc1ccc(-n2cc(CN3CCNCC3)nn2)cc1. The van der Waals surface area contributed by atoms with Crippen LogP contribution in [0.3, 0.4) is 0 Å². The normalized spacial score (nSPS) is 16.2. The summed E-state index contributed by atoms with van der Waals surface area (Å²) in [5.74, 6) is 0.843. The van der Waals surface area contributed by atoms with Gasteiger partial charge in [-0.15, -0.1) is 5.10 Å². The van der Waals surface area contributed by atoms with Gasteiger partial charge in [-0.1, -0.05) is 5.21 Å². The molecular weight excluding hydrogens is 254 g/mol. The van der Waals surface area contributed by atoms with Crippen LogP contribution in [0.2, 0.25) is 0 Å². The van der Waals surface area contributed by atoms with Gasteiger partial charge in [0.2, 0.25) is 0 Å². The van der Waals surface area contributed by atoms with E-state index < -0.39 is 0 Å². The van der Waals surface area contributed by atoms with Crippen LogP contribution in [-0.4, -0.2) is 53.2 Å². The highest BCUT2D eigenvalue weighted by Gasteiger charge is 2.12. The maximum Gasteiger partial charge on any atom is 0.119 e. The number of ether oxygens (including phenoxy) is 1. The molecule has 2 heterocycles. The molecule has 20 heavy (non-hydrogen) atoms. The van der Waals surface area contributed by atoms with Gasteiger partial charge in [-0.2, -0.15) is 0 Å². The van der Waals surface area contributed by atoms with E-state index in [2.05, 4.69) is 20.5 Å². The van der Waals surface area contributed by atoms with Crippen molar-refractivity contribution in [3.63, 3.8) is 0 Å². The molecular formula is C14H19N5O. The minimum Gasteiger partial charge on any atom is -0.497 e. The van der Waals surface area contributed by atoms with Gasteiger partial charge in [-0.05, 0) is 24.3 Å². The number of aromatic nitrogens is 3. The van der Waals surface area contributed by atoms with E-state index >= 15 is 0 Å². The fourth-order valence-electron chi connectivity index (χ4n) is 2.33. The van der Waals surface area contributed by atoms with Crippen molar-refractivity contribution in [1.82, 2.24) is 25.2 Å². The van der Waals surface area contributed by atoms with Crippen molar-refractivity contribution in [3.8, 4) is 11.4 Å². The molecule has 0 bridgehead atoms. The zero-order valence-corrected chi connectivity index (χ0v) is 11.6. The number of benzene rings is 1. The van der Waals surface area contributed by atoms with Crippen molar-refractivity contribution in [2.45, 2.75) is 6.54 Å². The molecule has 106 valence electrons. The van der Waals surface area contributed by atoms with Crippen LogP contribution < -0.4 is 10.1 Å². The highest BCUT2D eigenvalue weighted by molar-refractivity contribution is 5.36. The van der Waals surface area contributed by atoms with Crippen LogP contribution >= 0.6 is 0 Å². The molecule has 0 unspecified atom stereocenters. The van der Waals surface area contributed by atoms with E-state index in [-0.39, 0.29) is 0 Å². The van der Waals surface area contributed by atoms with Gasteiger partial charge < -0.3 is 10.1 Å². The van der Waals surface area contributed by atoms with Crippen LogP contribution in [0.15, 0.2) is 30.5 Å². The van der Waals surface area contributed by atoms with Gasteiger partial charge in [0.25, 0.3) is 0 Å². The first-order chi connectivity index (χ1) is 9.85. The predicted molar refractivity (Wildman–Crippen MR) is 76.1 cm³/mol. The lowest BCUT2D eigenvalue weighted by atomic mass is 10.3. The second kappa shape index (κ2) is 6.02. The Morgan fingerprint density at radius 2 is 1.95 bits per heavy atom. The van der Waals surface area contributed by atoms with Crippen LogP contribution in [0.4, 0.5) is 0 Å². The summed E-state index contributed by atoms with van der Waals surface area (Å²) in [5, 5.41) is 11.8. The molecule has 3 rings (SSSR count). The molecule has 1 fully saturated rings. The first-order valence-corrected chi connectivity index (χ1v) is 6.84. The van der Waals surface area contributed by atoms with Gasteiger partial charge in [0.1, 0.15) is 5.75 Å². The van der Waals surface area contributed by atoms with Crippen LogP contribution in [0.25, 0.3) is 5.69 Å². The molecule has 0 atom stereocenters. The van der Waals surface area contributed by atoms with E-state index in [0.717, 1.165) is 49.9 Å². The van der Waals surface area contributed by atoms with Gasteiger partial charge >= 0.3 is 0 Å². The molecule has 1 aromatic heterocycles. The number of nitrogens with zero attached hydrogens (tertiary/aromatic N) is 4. The minimum absolute atomic E-state index is 0.843. The van der Waals surface area contributed by atoms with Crippen LogP contribution in [-0.2, 0) is 6.54 Å². The Labute approximate surface area is 118 Å². The molecule has 0 aliphatic carbocycles. The number of piperazine rings is 1. The van der Waals surface area contributed by atoms with Crippen molar-refractivity contribution in [2.24, 2.45) is 0 Å². The smallest absolute Gasteiger partial charge is 0.119 e. The second-order valence-electron chi connectivity index (χ2n) is 4.88. The molecule has 6 nitrogen and oxygen atoms in total. The van der Waals surface area contributed by atoms with E-state index in [1.54, 1.807) is 11.8 Å². The second-order valence-corrected chi connectivity index (χ2v) is 4.88. The summed E-state index contributed by atoms with van der Waals surface area (Å²) < 4.78 is 6.96.